The first kappa shape index (κ1) is 13.2. The average Bonchev–Trinajstić information content (AvgIpc) is 2.70. The molecule has 1 N–H and O–H groups in total. The average molecular weight is 244 g/mol. The summed E-state index contributed by atoms with van der Waals surface area (Å²) in [5, 5.41) is 0. The number of ether oxygens (including phenoxy) is 1. The fourth-order valence-electron chi connectivity index (χ4n) is 1.33. The molecule has 0 aromatic heterocycles. The molecule has 90 valence electrons. The highest BCUT2D eigenvalue weighted by Crippen LogP contribution is 2.09. The zero-order valence-corrected chi connectivity index (χ0v) is 9.98. The van der Waals surface area contributed by atoms with Gasteiger partial charge in [-0.1, -0.05) is 18.2 Å². The van der Waals surface area contributed by atoms with Crippen LogP contribution in [-0.2, 0) is 14.9 Å². The SMILES string of the molecule is CC1CCCO1.O=S(=O)(O)c1ccccc1. The largest absolute Gasteiger partial charge is 0.379 e. The predicted molar refractivity (Wildman–Crippen MR) is 60.9 cm³/mol. The maximum atomic E-state index is 10.4. The van der Waals surface area contributed by atoms with E-state index in [1.807, 2.05) is 0 Å². The fraction of sp³-hybridized carbons (Fsp3) is 0.455. The molecule has 1 aromatic rings. The summed E-state index contributed by atoms with van der Waals surface area (Å²) in [4.78, 5) is -0.0741. The first-order valence-electron chi connectivity index (χ1n) is 5.14. The van der Waals surface area contributed by atoms with Crippen molar-refractivity contribution in [1.82, 2.24) is 0 Å². The molecule has 1 aromatic carbocycles. The Morgan fingerprint density at radius 3 is 2.19 bits per heavy atom. The summed E-state index contributed by atoms with van der Waals surface area (Å²) in [5.41, 5.74) is 0. The van der Waals surface area contributed by atoms with Gasteiger partial charge in [0.25, 0.3) is 10.1 Å². The predicted octanol–water partition coefficient (Wildman–Crippen LogP) is 2.12. The third-order valence-corrected chi connectivity index (χ3v) is 3.07. The second-order valence-electron chi connectivity index (χ2n) is 3.61. The van der Waals surface area contributed by atoms with Crippen LogP contribution in [0.25, 0.3) is 0 Å². The summed E-state index contributed by atoms with van der Waals surface area (Å²) in [6, 6.07) is 7.42. The Kier molecular flexibility index (Phi) is 4.92. The van der Waals surface area contributed by atoms with Crippen molar-refractivity contribution in [3.8, 4) is 0 Å². The van der Waals surface area contributed by atoms with E-state index >= 15 is 0 Å². The molecule has 1 saturated heterocycles. The Labute approximate surface area is 96.0 Å². The lowest BCUT2D eigenvalue weighted by atomic mass is 10.3. The molecule has 1 unspecified atom stereocenters. The van der Waals surface area contributed by atoms with E-state index in [0.717, 1.165) is 6.61 Å². The van der Waals surface area contributed by atoms with Gasteiger partial charge < -0.3 is 4.74 Å². The Hall–Kier alpha value is -0.910. The number of benzene rings is 1. The maximum Gasteiger partial charge on any atom is 0.294 e. The van der Waals surface area contributed by atoms with Crippen LogP contribution in [0.15, 0.2) is 35.2 Å². The van der Waals surface area contributed by atoms with Crippen LogP contribution in [0, 0.1) is 0 Å². The summed E-state index contributed by atoms with van der Waals surface area (Å²) >= 11 is 0. The van der Waals surface area contributed by atoms with Gasteiger partial charge in [0.05, 0.1) is 11.0 Å². The molecular weight excluding hydrogens is 228 g/mol. The van der Waals surface area contributed by atoms with Crippen molar-refractivity contribution >= 4 is 10.1 Å². The van der Waals surface area contributed by atoms with Gasteiger partial charge in [-0.15, -0.1) is 0 Å². The van der Waals surface area contributed by atoms with E-state index in [1.54, 1.807) is 18.2 Å². The summed E-state index contributed by atoms with van der Waals surface area (Å²) < 4.78 is 34.4. The van der Waals surface area contributed by atoms with E-state index in [2.05, 4.69) is 6.92 Å². The summed E-state index contributed by atoms with van der Waals surface area (Å²) in [6.45, 7) is 3.11. The van der Waals surface area contributed by atoms with Crippen LogP contribution in [0.5, 0.6) is 0 Å². The standard InChI is InChI=1S/C6H6O3S.C5H10O/c7-10(8,9)6-4-2-1-3-5-6;1-5-3-2-4-6-5/h1-5H,(H,7,8,9);5H,2-4H2,1H3. The smallest absolute Gasteiger partial charge is 0.294 e. The van der Waals surface area contributed by atoms with Crippen molar-refractivity contribution in [3.05, 3.63) is 30.3 Å². The zero-order chi connectivity index (χ0) is 12.0. The molecule has 1 heterocycles. The first-order valence-corrected chi connectivity index (χ1v) is 6.58. The second-order valence-corrected chi connectivity index (χ2v) is 5.03. The van der Waals surface area contributed by atoms with Crippen LogP contribution in [0.4, 0.5) is 0 Å². The Balaban J connectivity index is 0.000000181. The molecule has 0 saturated carbocycles. The molecule has 0 amide bonds. The summed E-state index contributed by atoms with van der Waals surface area (Å²) in [6.07, 6.45) is 3.08. The van der Waals surface area contributed by atoms with Crippen molar-refractivity contribution in [1.29, 1.82) is 0 Å². The molecule has 1 atom stereocenters. The van der Waals surface area contributed by atoms with E-state index in [9.17, 15) is 8.42 Å². The fourth-order valence-corrected chi connectivity index (χ4v) is 1.83. The minimum Gasteiger partial charge on any atom is -0.379 e. The van der Waals surface area contributed by atoms with E-state index in [-0.39, 0.29) is 4.90 Å². The minimum absolute atomic E-state index is 0.0741. The van der Waals surface area contributed by atoms with Gasteiger partial charge in [-0.05, 0) is 31.9 Å². The normalized spacial score (nSPS) is 20.0. The van der Waals surface area contributed by atoms with E-state index in [0.29, 0.717) is 6.10 Å². The molecule has 0 spiro atoms. The molecule has 5 heteroatoms. The molecule has 0 bridgehead atoms. The van der Waals surface area contributed by atoms with Gasteiger partial charge in [-0.2, -0.15) is 8.42 Å². The lowest BCUT2D eigenvalue weighted by Crippen LogP contribution is -1.96. The third kappa shape index (κ3) is 4.74. The van der Waals surface area contributed by atoms with Gasteiger partial charge in [-0.25, -0.2) is 0 Å². The van der Waals surface area contributed by atoms with Crippen LogP contribution < -0.4 is 0 Å². The molecular formula is C11H16O4S. The van der Waals surface area contributed by atoms with Crippen LogP contribution in [0.1, 0.15) is 19.8 Å². The van der Waals surface area contributed by atoms with Crippen LogP contribution in [-0.4, -0.2) is 25.7 Å². The molecule has 2 rings (SSSR count). The monoisotopic (exact) mass is 244 g/mol. The van der Waals surface area contributed by atoms with Gasteiger partial charge in [0.15, 0.2) is 0 Å². The van der Waals surface area contributed by atoms with Crippen LogP contribution in [0.3, 0.4) is 0 Å². The molecule has 1 aliphatic heterocycles. The third-order valence-electron chi connectivity index (χ3n) is 2.20. The highest BCUT2D eigenvalue weighted by atomic mass is 32.2. The molecule has 16 heavy (non-hydrogen) atoms. The molecule has 0 radical (unpaired) electrons. The maximum absolute atomic E-state index is 10.4. The van der Waals surface area contributed by atoms with Crippen LogP contribution >= 0.6 is 0 Å². The van der Waals surface area contributed by atoms with Crippen molar-refractivity contribution < 1.29 is 17.7 Å². The van der Waals surface area contributed by atoms with Gasteiger partial charge in [0.2, 0.25) is 0 Å². The van der Waals surface area contributed by atoms with Crippen molar-refractivity contribution in [2.75, 3.05) is 6.61 Å². The Morgan fingerprint density at radius 1 is 1.31 bits per heavy atom. The number of rotatable bonds is 1. The van der Waals surface area contributed by atoms with Gasteiger partial charge >= 0.3 is 0 Å². The molecule has 4 nitrogen and oxygen atoms in total. The Bertz CT molecular complexity index is 393. The Morgan fingerprint density at radius 2 is 1.94 bits per heavy atom. The van der Waals surface area contributed by atoms with Crippen molar-refractivity contribution in [3.63, 3.8) is 0 Å². The highest BCUT2D eigenvalue weighted by molar-refractivity contribution is 7.85. The van der Waals surface area contributed by atoms with Crippen LogP contribution in [0.2, 0.25) is 0 Å². The highest BCUT2D eigenvalue weighted by Gasteiger charge is 2.07. The van der Waals surface area contributed by atoms with E-state index < -0.39 is 10.1 Å². The lowest BCUT2D eigenvalue weighted by Gasteiger charge is -1.94. The lowest BCUT2D eigenvalue weighted by molar-refractivity contribution is 0.125. The van der Waals surface area contributed by atoms with Crippen molar-refractivity contribution in [2.24, 2.45) is 0 Å². The van der Waals surface area contributed by atoms with Gasteiger partial charge in [0.1, 0.15) is 0 Å². The first-order chi connectivity index (χ1) is 7.50. The molecule has 0 aliphatic carbocycles. The van der Waals surface area contributed by atoms with E-state index in [4.69, 9.17) is 9.29 Å². The quantitative estimate of drug-likeness (QED) is 0.768. The molecule has 1 fully saturated rings. The minimum atomic E-state index is -4.00. The summed E-state index contributed by atoms with van der Waals surface area (Å²) in [7, 11) is -4.00. The van der Waals surface area contributed by atoms with Gasteiger partial charge in [0, 0.05) is 6.61 Å². The topological polar surface area (TPSA) is 63.6 Å². The second kappa shape index (κ2) is 5.98. The van der Waals surface area contributed by atoms with Crippen molar-refractivity contribution in [2.45, 2.75) is 30.8 Å². The van der Waals surface area contributed by atoms with E-state index in [1.165, 1.54) is 25.0 Å². The number of hydrogen-bond acceptors (Lipinski definition) is 3. The summed E-state index contributed by atoms with van der Waals surface area (Å²) in [5.74, 6) is 0. The number of hydrogen-bond donors (Lipinski definition) is 1. The molecule has 1 aliphatic rings. The zero-order valence-electron chi connectivity index (χ0n) is 9.17. The van der Waals surface area contributed by atoms with Gasteiger partial charge in [-0.3, -0.25) is 4.55 Å².